The summed E-state index contributed by atoms with van der Waals surface area (Å²) in [5, 5.41) is 3.97. The van der Waals surface area contributed by atoms with Gasteiger partial charge in [-0.15, -0.1) is 0 Å². The number of halogens is 2. The Hall–Kier alpha value is -1.75. The summed E-state index contributed by atoms with van der Waals surface area (Å²) in [6.45, 7) is 5.30. The van der Waals surface area contributed by atoms with E-state index in [2.05, 4.69) is 22.3 Å². The molecular formula is C21H24Cl2N2O2. The van der Waals surface area contributed by atoms with Crippen molar-refractivity contribution < 1.29 is 9.53 Å². The van der Waals surface area contributed by atoms with Gasteiger partial charge in [0.2, 0.25) is 5.91 Å². The van der Waals surface area contributed by atoms with E-state index in [0.717, 1.165) is 38.2 Å². The third kappa shape index (κ3) is 5.61. The van der Waals surface area contributed by atoms with E-state index in [1.54, 1.807) is 18.2 Å². The summed E-state index contributed by atoms with van der Waals surface area (Å²) in [5.74, 6) is 0.908. The van der Waals surface area contributed by atoms with Crippen molar-refractivity contribution in [1.29, 1.82) is 0 Å². The second-order valence-electron chi connectivity index (χ2n) is 6.74. The van der Waals surface area contributed by atoms with Gasteiger partial charge >= 0.3 is 0 Å². The van der Waals surface area contributed by atoms with Crippen molar-refractivity contribution in [3.63, 3.8) is 0 Å². The number of piperidine rings is 1. The van der Waals surface area contributed by atoms with Gasteiger partial charge in [-0.05, 0) is 68.8 Å². The Morgan fingerprint density at radius 3 is 2.70 bits per heavy atom. The zero-order valence-electron chi connectivity index (χ0n) is 15.4. The largest absolute Gasteiger partial charge is 0.494 e. The van der Waals surface area contributed by atoms with Crippen molar-refractivity contribution in [2.75, 3.05) is 25.0 Å². The van der Waals surface area contributed by atoms with Crippen molar-refractivity contribution in [2.24, 2.45) is 5.92 Å². The van der Waals surface area contributed by atoms with Crippen LogP contribution in [0.25, 0.3) is 0 Å². The van der Waals surface area contributed by atoms with E-state index in [1.165, 1.54) is 5.56 Å². The summed E-state index contributed by atoms with van der Waals surface area (Å²) < 4.78 is 5.57. The average molecular weight is 407 g/mol. The molecule has 1 aliphatic rings. The minimum absolute atomic E-state index is 0.00828. The van der Waals surface area contributed by atoms with Gasteiger partial charge in [-0.25, -0.2) is 0 Å². The van der Waals surface area contributed by atoms with Crippen molar-refractivity contribution in [3.8, 4) is 5.75 Å². The van der Waals surface area contributed by atoms with Crippen molar-refractivity contribution in [2.45, 2.75) is 26.3 Å². The van der Waals surface area contributed by atoms with E-state index in [1.807, 2.05) is 19.1 Å². The van der Waals surface area contributed by atoms with E-state index in [0.29, 0.717) is 22.3 Å². The first-order valence-electron chi connectivity index (χ1n) is 9.25. The maximum absolute atomic E-state index is 12.6. The summed E-state index contributed by atoms with van der Waals surface area (Å²) >= 11 is 12.1. The molecule has 2 aromatic carbocycles. The van der Waals surface area contributed by atoms with Crippen LogP contribution in [0.15, 0.2) is 42.5 Å². The molecule has 4 nitrogen and oxygen atoms in total. The second kappa shape index (κ2) is 9.45. The van der Waals surface area contributed by atoms with Crippen LogP contribution in [-0.2, 0) is 11.3 Å². The third-order valence-corrected chi connectivity index (χ3v) is 5.32. The molecule has 0 saturated carbocycles. The number of hydrogen-bond acceptors (Lipinski definition) is 3. The van der Waals surface area contributed by atoms with Crippen LogP contribution in [0, 0.1) is 5.92 Å². The van der Waals surface area contributed by atoms with Crippen LogP contribution in [0.5, 0.6) is 5.75 Å². The average Bonchev–Trinajstić information content (AvgIpc) is 2.66. The predicted molar refractivity (Wildman–Crippen MR) is 111 cm³/mol. The summed E-state index contributed by atoms with van der Waals surface area (Å²) in [4.78, 5) is 14.9. The molecule has 0 aromatic heterocycles. The summed E-state index contributed by atoms with van der Waals surface area (Å²) in [7, 11) is 0. The predicted octanol–water partition coefficient (Wildman–Crippen LogP) is 5.24. The zero-order chi connectivity index (χ0) is 19.2. The molecule has 0 aliphatic carbocycles. The molecule has 2 aromatic rings. The lowest BCUT2D eigenvalue weighted by molar-refractivity contribution is -0.121. The minimum Gasteiger partial charge on any atom is -0.494 e. The van der Waals surface area contributed by atoms with E-state index >= 15 is 0 Å². The van der Waals surface area contributed by atoms with E-state index in [-0.39, 0.29) is 11.8 Å². The van der Waals surface area contributed by atoms with Crippen LogP contribution in [0.4, 0.5) is 5.69 Å². The van der Waals surface area contributed by atoms with Gasteiger partial charge in [-0.3, -0.25) is 9.69 Å². The number of ether oxygens (including phenoxy) is 1. The maximum atomic E-state index is 12.6. The first kappa shape index (κ1) is 20.0. The van der Waals surface area contributed by atoms with Crippen LogP contribution < -0.4 is 10.1 Å². The molecule has 0 unspecified atom stereocenters. The van der Waals surface area contributed by atoms with E-state index < -0.39 is 0 Å². The highest BCUT2D eigenvalue weighted by Gasteiger charge is 2.25. The Balaban J connectivity index is 1.51. The van der Waals surface area contributed by atoms with Crippen LogP contribution >= 0.6 is 23.2 Å². The van der Waals surface area contributed by atoms with Crippen LogP contribution in [-0.4, -0.2) is 30.5 Å². The number of hydrogen-bond donors (Lipinski definition) is 1. The Bertz CT molecular complexity index is 790. The fraction of sp³-hybridized carbons (Fsp3) is 0.381. The second-order valence-corrected chi connectivity index (χ2v) is 7.59. The molecule has 1 aliphatic heterocycles. The van der Waals surface area contributed by atoms with Crippen molar-refractivity contribution in [1.82, 2.24) is 4.90 Å². The van der Waals surface area contributed by atoms with Crippen molar-refractivity contribution >= 4 is 34.8 Å². The molecule has 1 saturated heterocycles. The van der Waals surface area contributed by atoms with Crippen molar-refractivity contribution in [3.05, 3.63) is 58.1 Å². The molecule has 144 valence electrons. The minimum atomic E-state index is -0.00828. The van der Waals surface area contributed by atoms with Gasteiger partial charge in [-0.1, -0.05) is 35.3 Å². The molecule has 6 heteroatoms. The molecule has 0 atom stereocenters. The number of amides is 1. The molecule has 27 heavy (non-hydrogen) atoms. The summed E-state index contributed by atoms with van der Waals surface area (Å²) in [6, 6.07) is 13.3. The monoisotopic (exact) mass is 406 g/mol. The number of nitrogens with one attached hydrogen (secondary N) is 1. The first-order valence-corrected chi connectivity index (χ1v) is 10.0. The summed E-state index contributed by atoms with van der Waals surface area (Å²) in [5.41, 5.74) is 1.80. The van der Waals surface area contributed by atoms with Gasteiger partial charge in [0, 0.05) is 17.5 Å². The number of rotatable bonds is 6. The van der Waals surface area contributed by atoms with E-state index in [9.17, 15) is 4.79 Å². The smallest absolute Gasteiger partial charge is 0.227 e. The molecule has 1 amide bonds. The molecule has 1 fully saturated rings. The number of benzene rings is 2. The normalized spacial score (nSPS) is 15.5. The van der Waals surface area contributed by atoms with Gasteiger partial charge in [0.05, 0.1) is 17.3 Å². The van der Waals surface area contributed by atoms with Gasteiger partial charge in [0.15, 0.2) is 0 Å². The Kier molecular flexibility index (Phi) is 7.00. The molecule has 0 radical (unpaired) electrons. The maximum Gasteiger partial charge on any atom is 0.227 e. The van der Waals surface area contributed by atoms with Crippen LogP contribution in [0.3, 0.4) is 0 Å². The highest BCUT2D eigenvalue weighted by molar-refractivity contribution is 6.35. The Morgan fingerprint density at radius 1 is 1.19 bits per heavy atom. The lowest BCUT2D eigenvalue weighted by Gasteiger charge is -2.31. The van der Waals surface area contributed by atoms with E-state index in [4.69, 9.17) is 27.9 Å². The number of nitrogens with zero attached hydrogens (tertiary/aromatic N) is 1. The highest BCUT2D eigenvalue weighted by Crippen LogP contribution is 2.27. The topological polar surface area (TPSA) is 41.6 Å². The summed E-state index contributed by atoms with van der Waals surface area (Å²) in [6.07, 6.45) is 1.66. The lowest BCUT2D eigenvalue weighted by Crippen LogP contribution is -2.37. The highest BCUT2D eigenvalue weighted by atomic mass is 35.5. The van der Waals surface area contributed by atoms with Crippen LogP contribution in [0.2, 0.25) is 10.0 Å². The quantitative estimate of drug-likeness (QED) is 0.712. The number of carbonyl (C=O) groups excluding carboxylic acids is 1. The molecular weight excluding hydrogens is 383 g/mol. The Labute approximate surface area is 170 Å². The first-order chi connectivity index (χ1) is 13.0. The molecule has 1 N–H and O–H groups in total. The van der Waals surface area contributed by atoms with Gasteiger partial charge < -0.3 is 10.1 Å². The molecule has 3 rings (SSSR count). The Morgan fingerprint density at radius 2 is 1.96 bits per heavy atom. The molecule has 1 heterocycles. The standard InChI is InChI=1S/C21H24Cl2N2O2/c1-2-27-18-5-3-4-15(12-18)14-25-10-8-16(9-11-25)21(26)24-20-13-17(22)6-7-19(20)23/h3-7,12-13,16H,2,8-11,14H2,1H3,(H,24,26). The SMILES string of the molecule is CCOc1cccc(CN2CCC(C(=O)Nc3cc(Cl)ccc3Cl)CC2)c1. The fourth-order valence-corrected chi connectivity index (χ4v) is 3.68. The molecule has 0 spiro atoms. The van der Waals surface area contributed by atoms with Crippen LogP contribution in [0.1, 0.15) is 25.3 Å². The molecule has 0 bridgehead atoms. The fourth-order valence-electron chi connectivity index (χ4n) is 3.34. The number of carbonyl (C=O) groups is 1. The lowest BCUT2D eigenvalue weighted by atomic mass is 9.95. The van der Waals surface area contributed by atoms with Gasteiger partial charge in [0.1, 0.15) is 5.75 Å². The zero-order valence-corrected chi connectivity index (χ0v) is 16.9. The number of likely N-dealkylation sites (tertiary alicyclic amines) is 1. The van der Waals surface area contributed by atoms with Gasteiger partial charge in [0.25, 0.3) is 0 Å². The third-order valence-electron chi connectivity index (χ3n) is 4.76. The van der Waals surface area contributed by atoms with Gasteiger partial charge in [-0.2, -0.15) is 0 Å². The number of anilines is 1.